The Morgan fingerprint density at radius 3 is 2.88 bits per heavy atom. The molecule has 0 aromatic carbocycles. The van der Waals surface area contributed by atoms with E-state index in [1.54, 1.807) is 18.5 Å². The van der Waals surface area contributed by atoms with Crippen molar-refractivity contribution in [3.8, 4) is 0 Å². The molecule has 0 radical (unpaired) electrons. The van der Waals surface area contributed by atoms with Crippen molar-refractivity contribution in [3.05, 3.63) is 45.6 Å². The van der Waals surface area contributed by atoms with Gasteiger partial charge in [0.1, 0.15) is 5.00 Å². The van der Waals surface area contributed by atoms with Crippen LogP contribution in [-0.2, 0) is 4.74 Å². The van der Waals surface area contributed by atoms with E-state index in [0.717, 1.165) is 11.3 Å². The lowest BCUT2D eigenvalue weighted by atomic mass is 10.2. The van der Waals surface area contributed by atoms with Gasteiger partial charge >= 0.3 is 6.09 Å². The first kappa shape index (κ1) is 18.0. The number of imide groups is 1. The van der Waals surface area contributed by atoms with E-state index in [2.05, 4.69) is 41.4 Å². The Hall–Kier alpha value is -2.79. The fraction of sp³-hybridized carbons (Fsp3) is 0.133. The number of carbonyl (C=O) groups is 3. The molecule has 0 saturated carbocycles. The maximum Gasteiger partial charge on any atom is 0.414 e. The predicted molar refractivity (Wildman–Crippen MR) is 97.4 cm³/mol. The van der Waals surface area contributed by atoms with Crippen LogP contribution in [0, 0.1) is 0 Å². The van der Waals surface area contributed by atoms with Crippen molar-refractivity contribution < 1.29 is 19.1 Å². The number of aromatic nitrogens is 3. The number of nitrogens with zero attached hydrogens (tertiary/aromatic N) is 3. The van der Waals surface area contributed by atoms with Gasteiger partial charge in [0, 0.05) is 12.4 Å². The quantitative estimate of drug-likeness (QED) is 0.648. The minimum atomic E-state index is -0.847. The molecule has 0 saturated heterocycles. The molecule has 3 aromatic heterocycles. The highest BCUT2D eigenvalue weighted by molar-refractivity contribution is 9.10. The lowest BCUT2D eigenvalue weighted by Crippen LogP contribution is -2.31. The van der Waals surface area contributed by atoms with Gasteiger partial charge < -0.3 is 10.1 Å². The highest BCUT2D eigenvalue weighted by Crippen LogP contribution is 2.24. The van der Waals surface area contributed by atoms with Crippen LogP contribution < -0.4 is 10.6 Å². The Balaban J connectivity index is 1.76. The van der Waals surface area contributed by atoms with Crippen LogP contribution in [0.1, 0.15) is 27.6 Å². The normalized spacial score (nSPS) is 10.5. The fourth-order valence-corrected chi connectivity index (χ4v) is 3.21. The van der Waals surface area contributed by atoms with E-state index in [4.69, 9.17) is 0 Å². The zero-order chi connectivity index (χ0) is 18.7. The molecule has 9 nitrogen and oxygen atoms in total. The zero-order valence-electron chi connectivity index (χ0n) is 13.4. The Labute approximate surface area is 159 Å². The van der Waals surface area contributed by atoms with E-state index in [1.165, 1.54) is 23.0 Å². The number of ether oxygens (including phenoxy) is 1. The summed E-state index contributed by atoms with van der Waals surface area (Å²) in [5, 5.41) is 10.7. The van der Waals surface area contributed by atoms with Crippen molar-refractivity contribution in [1.82, 2.24) is 19.9 Å². The van der Waals surface area contributed by atoms with Crippen LogP contribution in [-0.4, -0.2) is 39.1 Å². The van der Waals surface area contributed by atoms with E-state index < -0.39 is 17.9 Å². The number of alkyl carbamates (subject to hydrolysis) is 1. The SMILES string of the molecule is CCOC(=O)NC(=O)c1ccsc1NC(=O)c1cnc2c(Br)cnn2c1. The first-order chi connectivity index (χ1) is 12.5. The van der Waals surface area contributed by atoms with Crippen LogP contribution >= 0.6 is 27.3 Å². The van der Waals surface area contributed by atoms with Crippen LogP contribution in [0.5, 0.6) is 0 Å². The van der Waals surface area contributed by atoms with Crippen molar-refractivity contribution in [1.29, 1.82) is 0 Å². The van der Waals surface area contributed by atoms with Gasteiger partial charge in [-0.05, 0) is 34.3 Å². The molecule has 0 aliphatic rings. The minimum Gasteiger partial charge on any atom is -0.450 e. The fourth-order valence-electron chi connectivity index (χ4n) is 2.05. The standard InChI is InChI=1S/C15H12BrN5O4S/c1-2-25-15(24)20-13(23)9-3-4-26-14(9)19-12(22)8-5-17-11-10(16)6-18-21(11)7-8/h3-7H,2H2,1H3,(H,19,22)(H,20,23,24). The van der Waals surface area contributed by atoms with Crippen LogP contribution in [0.2, 0.25) is 0 Å². The predicted octanol–water partition coefficient (Wildman–Crippen LogP) is 2.69. The van der Waals surface area contributed by atoms with Gasteiger partial charge in [0.05, 0.1) is 28.4 Å². The molecular weight excluding hydrogens is 426 g/mol. The molecule has 0 unspecified atom stereocenters. The van der Waals surface area contributed by atoms with Crippen molar-refractivity contribution in [2.75, 3.05) is 11.9 Å². The summed E-state index contributed by atoms with van der Waals surface area (Å²) in [6.45, 7) is 1.77. The van der Waals surface area contributed by atoms with Crippen molar-refractivity contribution in [2.45, 2.75) is 6.92 Å². The smallest absolute Gasteiger partial charge is 0.414 e. The number of hydrogen-bond acceptors (Lipinski definition) is 7. The van der Waals surface area contributed by atoms with Crippen molar-refractivity contribution in [2.24, 2.45) is 0 Å². The second kappa shape index (κ2) is 7.62. The molecular formula is C15H12BrN5O4S. The largest absolute Gasteiger partial charge is 0.450 e. The lowest BCUT2D eigenvalue weighted by Gasteiger charge is -2.07. The molecule has 0 atom stereocenters. The number of fused-ring (bicyclic) bond motifs is 1. The van der Waals surface area contributed by atoms with Crippen LogP contribution in [0.15, 0.2) is 34.5 Å². The number of hydrogen-bond donors (Lipinski definition) is 2. The Morgan fingerprint density at radius 1 is 1.31 bits per heavy atom. The molecule has 3 rings (SSSR count). The minimum absolute atomic E-state index is 0.144. The molecule has 0 bridgehead atoms. The average Bonchev–Trinajstić information content (AvgIpc) is 3.21. The third kappa shape index (κ3) is 3.73. The molecule has 0 aliphatic heterocycles. The van der Waals surface area contributed by atoms with E-state index in [9.17, 15) is 14.4 Å². The second-order valence-electron chi connectivity index (χ2n) is 4.90. The third-order valence-corrected chi connectivity index (χ3v) is 4.59. The van der Waals surface area contributed by atoms with Gasteiger partial charge in [-0.3, -0.25) is 14.9 Å². The molecule has 0 fully saturated rings. The second-order valence-corrected chi connectivity index (χ2v) is 6.67. The summed E-state index contributed by atoms with van der Waals surface area (Å²) in [6, 6.07) is 1.50. The van der Waals surface area contributed by atoms with Gasteiger partial charge in [-0.25, -0.2) is 14.3 Å². The molecule has 3 aromatic rings. The monoisotopic (exact) mass is 437 g/mol. The number of rotatable bonds is 4. The zero-order valence-corrected chi connectivity index (χ0v) is 15.8. The number of anilines is 1. The van der Waals surface area contributed by atoms with E-state index in [-0.39, 0.29) is 17.7 Å². The highest BCUT2D eigenvalue weighted by atomic mass is 79.9. The number of nitrogens with one attached hydrogen (secondary N) is 2. The van der Waals surface area contributed by atoms with Gasteiger partial charge in [-0.2, -0.15) is 5.10 Å². The summed E-state index contributed by atoms with van der Waals surface area (Å²) < 4.78 is 6.84. The van der Waals surface area contributed by atoms with Gasteiger partial charge in [-0.1, -0.05) is 0 Å². The van der Waals surface area contributed by atoms with E-state index in [1.807, 2.05) is 0 Å². The van der Waals surface area contributed by atoms with Gasteiger partial charge in [0.2, 0.25) is 0 Å². The molecule has 26 heavy (non-hydrogen) atoms. The third-order valence-electron chi connectivity index (χ3n) is 3.20. The van der Waals surface area contributed by atoms with Gasteiger partial charge in [0.15, 0.2) is 5.65 Å². The van der Waals surface area contributed by atoms with Crippen LogP contribution in [0.4, 0.5) is 9.80 Å². The topological polar surface area (TPSA) is 115 Å². The van der Waals surface area contributed by atoms with Crippen molar-refractivity contribution in [3.63, 3.8) is 0 Å². The summed E-state index contributed by atoms with van der Waals surface area (Å²) in [5.74, 6) is -1.12. The number of carbonyl (C=O) groups excluding carboxylic acids is 3. The van der Waals surface area contributed by atoms with Gasteiger partial charge in [0.25, 0.3) is 11.8 Å². The van der Waals surface area contributed by atoms with E-state index in [0.29, 0.717) is 15.1 Å². The highest BCUT2D eigenvalue weighted by Gasteiger charge is 2.19. The Bertz CT molecular complexity index is 999. The van der Waals surface area contributed by atoms with Gasteiger partial charge in [-0.15, -0.1) is 11.3 Å². The molecule has 0 aliphatic carbocycles. The Morgan fingerprint density at radius 2 is 2.12 bits per heavy atom. The molecule has 3 amide bonds. The molecule has 11 heteroatoms. The first-order valence-electron chi connectivity index (χ1n) is 7.35. The number of halogens is 1. The molecule has 3 heterocycles. The summed E-state index contributed by atoms with van der Waals surface area (Å²) >= 11 is 4.46. The maximum atomic E-state index is 12.4. The molecule has 0 spiro atoms. The van der Waals surface area contributed by atoms with Crippen molar-refractivity contribution >= 4 is 55.8 Å². The Kier molecular flexibility index (Phi) is 5.28. The summed E-state index contributed by atoms with van der Waals surface area (Å²) in [5.41, 5.74) is 0.998. The molecule has 134 valence electrons. The average molecular weight is 438 g/mol. The number of thiophene rings is 1. The van der Waals surface area contributed by atoms with E-state index >= 15 is 0 Å². The molecule has 2 N–H and O–H groups in total. The summed E-state index contributed by atoms with van der Waals surface area (Å²) in [4.78, 5) is 40.1. The first-order valence-corrected chi connectivity index (χ1v) is 9.02. The van der Waals surface area contributed by atoms with Crippen LogP contribution in [0.3, 0.4) is 0 Å². The van der Waals surface area contributed by atoms with Crippen LogP contribution in [0.25, 0.3) is 5.65 Å². The lowest BCUT2D eigenvalue weighted by molar-refractivity contribution is 0.0926. The summed E-state index contributed by atoms with van der Waals surface area (Å²) in [6.07, 6.45) is 3.65. The summed E-state index contributed by atoms with van der Waals surface area (Å²) in [7, 11) is 0. The maximum absolute atomic E-state index is 12.4. The number of amides is 3.